The number of hydrogen-bond donors (Lipinski definition) is 2. The van der Waals surface area contributed by atoms with Gasteiger partial charge in [0.2, 0.25) is 5.96 Å². The Morgan fingerprint density at radius 2 is 2.12 bits per heavy atom. The summed E-state index contributed by atoms with van der Waals surface area (Å²) in [5.41, 5.74) is 4.20. The molecule has 0 radical (unpaired) electrons. The predicted molar refractivity (Wildman–Crippen MR) is 91.3 cm³/mol. The topological polar surface area (TPSA) is 109 Å². The molecule has 0 saturated carbocycles. The average Bonchev–Trinajstić information content (AvgIpc) is 2.53. The maximum atomic E-state index is 12.4. The SMILES string of the molecule is CCCCNC(=NC)N(C(=O)NO[N+](=O)[O-])c1ccc(C)cc1C. The van der Waals surface area contributed by atoms with Gasteiger partial charge in [0.15, 0.2) is 0 Å². The van der Waals surface area contributed by atoms with Crippen molar-refractivity contribution in [3.05, 3.63) is 39.4 Å². The van der Waals surface area contributed by atoms with E-state index in [1.165, 1.54) is 11.9 Å². The molecule has 0 atom stereocenters. The van der Waals surface area contributed by atoms with E-state index in [2.05, 4.69) is 15.2 Å². The van der Waals surface area contributed by atoms with Crippen LogP contribution in [0.2, 0.25) is 0 Å². The van der Waals surface area contributed by atoms with E-state index < -0.39 is 11.1 Å². The van der Waals surface area contributed by atoms with Gasteiger partial charge in [0, 0.05) is 13.6 Å². The van der Waals surface area contributed by atoms with Crippen LogP contribution in [0.4, 0.5) is 10.5 Å². The van der Waals surface area contributed by atoms with Gasteiger partial charge in [0.1, 0.15) is 0 Å². The number of amides is 2. The van der Waals surface area contributed by atoms with Crippen LogP contribution in [0.15, 0.2) is 23.2 Å². The number of rotatable bonds is 6. The molecule has 0 fully saturated rings. The summed E-state index contributed by atoms with van der Waals surface area (Å²) in [5.74, 6) is 0.278. The first kappa shape index (κ1) is 19.2. The molecule has 9 heteroatoms. The van der Waals surface area contributed by atoms with Crippen molar-refractivity contribution in [1.82, 2.24) is 10.8 Å². The fraction of sp³-hybridized carbons (Fsp3) is 0.467. The van der Waals surface area contributed by atoms with Gasteiger partial charge in [-0.2, -0.15) is 10.4 Å². The second-order valence-electron chi connectivity index (χ2n) is 5.18. The summed E-state index contributed by atoms with van der Waals surface area (Å²) in [7, 11) is 1.53. The highest BCUT2D eigenvalue weighted by Crippen LogP contribution is 2.21. The van der Waals surface area contributed by atoms with Gasteiger partial charge in [-0.1, -0.05) is 31.0 Å². The summed E-state index contributed by atoms with van der Waals surface area (Å²) in [6, 6.07) is 4.69. The number of unbranched alkanes of at least 4 members (excludes halogenated alkanes) is 1. The smallest absolute Gasteiger partial charge is 0.352 e. The van der Waals surface area contributed by atoms with Crippen molar-refractivity contribution in [3.63, 3.8) is 0 Å². The standard InChI is InChI=1S/C15H23N5O4/c1-5-6-9-17-14(16-4)19(15(21)18-24-20(22)23)13-8-7-11(2)10-12(13)3/h7-8,10H,5-6,9H2,1-4H3,(H,16,17)(H,18,21). The first-order chi connectivity index (χ1) is 11.4. The molecule has 9 nitrogen and oxygen atoms in total. The Hall–Kier alpha value is -2.84. The highest BCUT2D eigenvalue weighted by Gasteiger charge is 2.23. The number of anilines is 1. The molecule has 0 spiro atoms. The van der Waals surface area contributed by atoms with E-state index in [1.807, 2.05) is 32.9 Å². The number of carbonyl (C=O) groups excluding carboxylic acids is 1. The molecule has 1 aromatic rings. The van der Waals surface area contributed by atoms with E-state index in [0.717, 1.165) is 24.0 Å². The lowest BCUT2D eigenvalue weighted by Gasteiger charge is -2.26. The second-order valence-corrected chi connectivity index (χ2v) is 5.18. The Kier molecular flexibility index (Phi) is 7.47. The molecule has 24 heavy (non-hydrogen) atoms. The zero-order valence-corrected chi connectivity index (χ0v) is 14.3. The number of carbonyl (C=O) groups is 1. The molecule has 2 N–H and O–H groups in total. The van der Waals surface area contributed by atoms with Crippen molar-refractivity contribution >= 4 is 17.7 Å². The molecule has 0 bridgehead atoms. The number of guanidine groups is 1. The third-order valence-corrected chi connectivity index (χ3v) is 3.24. The Balaban J connectivity index is 3.14. The monoisotopic (exact) mass is 337 g/mol. The minimum atomic E-state index is -1.09. The van der Waals surface area contributed by atoms with Crippen molar-refractivity contribution < 1.29 is 14.8 Å². The third kappa shape index (κ3) is 5.41. The van der Waals surface area contributed by atoms with Crippen molar-refractivity contribution in [2.75, 3.05) is 18.5 Å². The van der Waals surface area contributed by atoms with Crippen LogP contribution in [0.25, 0.3) is 0 Å². The Labute approximate surface area is 140 Å². The van der Waals surface area contributed by atoms with Crippen molar-refractivity contribution in [3.8, 4) is 0 Å². The molecule has 0 aliphatic heterocycles. The quantitative estimate of drug-likeness (QED) is 0.272. The summed E-state index contributed by atoms with van der Waals surface area (Å²) in [6.45, 7) is 6.44. The second kappa shape index (κ2) is 9.33. The van der Waals surface area contributed by atoms with E-state index in [4.69, 9.17) is 0 Å². The van der Waals surface area contributed by atoms with Crippen molar-refractivity contribution in [1.29, 1.82) is 0 Å². The summed E-state index contributed by atoms with van der Waals surface area (Å²) in [6.07, 6.45) is 1.87. The molecule has 0 heterocycles. The first-order valence-corrected chi connectivity index (χ1v) is 7.60. The number of hydrogen-bond acceptors (Lipinski definition) is 5. The van der Waals surface area contributed by atoms with Crippen LogP contribution in [-0.2, 0) is 4.94 Å². The maximum Gasteiger partial charge on any atom is 0.352 e. The molecule has 1 rings (SSSR count). The molecular formula is C15H23N5O4. The lowest BCUT2D eigenvalue weighted by atomic mass is 10.1. The number of aryl methyl sites for hydroxylation is 2. The lowest BCUT2D eigenvalue weighted by Crippen LogP contribution is -2.50. The van der Waals surface area contributed by atoms with Gasteiger partial charge < -0.3 is 5.32 Å². The molecule has 0 aliphatic carbocycles. The van der Waals surface area contributed by atoms with Crippen LogP contribution in [-0.4, -0.2) is 30.7 Å². The number of urea groups is 1. The van der Waals surface area contributed by atoms with Gasteiger partial charge in [-0.25, -0.2) is 9.69 Å². The highest BCUT2D eigenvalue weighted by molar-refractivity contribution is 6.15. The predicted octanol–water partition coefficient (Wildman–Crippen LogP) is 2.32. The Morgan fingerprint density at radius 1 is 1.42 bits per heavy atom. The van der Waals surface area contributed by atoms with E-state index in [0.29, 0.717) is 12.2 Å². The minimum Gasteiger partial charge on any atom is -0.356 e. The molecule has 132 valence electrons. The van der Waals surface area contributed by atoms with Crippen LogP contribution in [0.5, 0.6) is 0 Å². The summed E-state index contributed by atoms with van der Waals surface area (Å²) in [5, 5.41) is 12.3. The first-order valence-electron chi connectivity index (χ1n) is 7.60. The van der Waals surface area contributed by atoms with Crippen LogP contribution in [0.1, 0.15) is 30.9 Å². The Morgan fingerprint density at radius 3 is 2.67 bits per heavy atom. The van der Waals surface area contributed by atoms with Gasteiger partial charge in [-0.05, 0) is 31.9 Å². The van der Waals surface area contributed by atoms with E-state index in [-0.39, 0.29) is 5.96 Å². The lowest BCUT2D eigenvalue weighted by molar-refractivity contribution is -0.771. The van der Waals surface area contributed by atoms with Crippen molar-refractivity contribution in [2.45, 2.75) is 33.6 Å². The Bertz CT molecular complexity index is 618. The number of aliphatic imine (C=N–C) groups is 1. The van der Waals surface area contributed by atoms with Gasteiger partial charge in [-0.15, -0.1) is 10.1 Å². The molecule has 2 amide bonds. The van der Waals surface area contributed by atoms with E-state index in [9.17, 15) is 14.9 Å². The van der Waals surface area contributed by atoms with Gasteiger partial charge in [-0.3, -0.25) is 4.99 Å². The minimum absolute atomic E-state index is 0.278. The molecular weight excluding hydrogens is 314 g/mol. The van der Waals surface area contributed by atoms with E-state index >= 15 is 0 Å². The molecule has 0 saturated heterocycles. The zero-order chi connectivity index (χ0) is 18.1. The van der Waals surface area contributed by atoms with Gasteiger partial charge >= 0.3 is 11.1 Å². The zero-order valence-electron chi connectivity index (χ0n) is 14.3. The van der Waals surface area contributed by atoms with Crippen LogP contribution in [0.3, 0.4) is 0 Å². The van der Waals surface area contributed by atoms with Gasteiger partial charge in [0.25, 0.3) is 0 Å². The maximum absolute atomic E-state index is 12.4. The number of nitrogens with one attached hydrogen (secondary N) is 2. The normalized spacial score (nSPS) is 10.9. The number of benzene rings is 1. The molecule has 1 aromatic carbocycles. The molecule has 0 aromatic heterocycles. The van der Waals surface area contributed by atoms with E-state index in [1.54, 1.807) is 11.5 Å². The van der Waals surface area contributed by atoms with Crippen LogP contribution >= 0.6 is 0 Å². The average molecular weight is 337 g/mol. The fourth-order valence-electron chi connectivity index (χ4n) is 2.13. The van der Waals surface area contributed by atoms with Crippen LogP contribution in [0, 0.1) is 24.0 Å². The number of hydroxylamine groups is 1. The van der Waals surface area contributed by atoms with Crippen LogP contribution < -0.4 is 15.7 Å². The number of nitrogens with zero attached hydrogens (tertiary/aromatic N) is 3. The largest absolute Gasteiger partial charge is 0.356 e. The highest BCUT2D eigenvalue weighted by atomic mass is 17.0. The summed E-state index contributed by atoms with van der Waals surface area (Å²) in [4.78, 5) is 32.0. The molecule has 0 aliphatic rings. The van der Waals surface area contributed by atoms with Gasteiger partial charge in [0.05, 0.1) is 5.69 Å². The fourth-order valence-corrected chi connectivity index (χ4v) is 2.13. The summed E-state index contributed by atoms with van der Waals surface area (Å²) < 4.78 is 0. The molecule has 0 unspecified atom stereocenters. The third-order valence-electron chi connectivity index (χ3n) is 3.24. The summed E-state index contributed by atoms with van der Waals surface area (Å²) >= 11 is 0. The van der Waals surface area contributed by atoms with Crippen molar-refractivity contribution in [2.24, 2.45) is 4.99 Å².